The third-order valence-corrected chi connectivity index (χ3v) is 6.15. The zero-order chi connectivity index (χ0) is 20.5. The Hall–Kier alpha value is -2.71. The molecule has 2 atom stereocenters. The fraction of sp³-hybridized carbons (Fsp3) is 0.500. The Morgan fingerprint density at radius 2 is 2.17 bits per heavy atom. The quantitative estimate of drug-likeness (QED) is 0.775. The van der Waals surface area contributed by atoms with Gasteiger partial charge in [-0.3, -0.25) is 14.6 Å². The van der Waals surface area contributed by atoms with Crippen LogP contribution in [-0.4, -0.2) is 65.8 Å². The topological polar surface area (TPSA) is 79.8 Å². The minimum absolute atomic E-state index is 0.0720. The fourth-order valence-electron chi connectivity index (χ4n) is 4.58. The molecule has 158 valence electrons. The van der Waals surface area contributed by atoms with E-state index in [2.05, 4.69) is 22.1 Å². The van der Waals surface area contributed by atoms with E-state index in [1.165, 1.54) is 0 Å². The second-order valence-electron chi connectivity index (χ2n) is 8.05. The van der Waals surface area contributed by atoms with E-state index in [9.17, 15) is 4.79 Å². The van der Waals surface area contributed by atoms with Gasteiger partial charge in [-0.2, -0.15) is 4.98 Å². The van der Waals surface area contributed by atoms with Gasteiger partial charge in [-0.1, -0.05) is 13.0 Å². The number of amides is 1. The average Bonchev–Trinajstić information content (AvgIpc) is 3.08. The van der Waals surface area contributed by atoms with Gasteiger partial charge in [-0.15, -0.1) is 0 Å². The summed E-state index contributed by atoms with van der Waals surface area (Å²) in [4.78, 5) is 26.4. The Kier molecular flexibility index (Phi) is 5.26. The SMILES string of the molecule is CCC1CC2COCCN2CCOc2cccc(c2)Nc2ncc3c(n2)N1C(=O)C3. The van der Waals surface area contributed by atoms with Crippen molar-refractivity contribution in [3.63, 3.8) is 0 Å². The van der Waals surface area contributed by atoms with Gasteiger partial charge in [0.1, 0.15) is 18.2 Å². The number of ether oxygens (including phenoxy) is 2. The first-order valence-electron chi connectivity index (χ1n) is 10.7. The minimum Gasteiger partial charge on any atom is -0.492 e. The molecule has 5 rings (SSSR count). The molecule has 3 aliphatic rings. The average molecular weight is 409 g/mol. The van der Waals surface area contributed by atoms with E-state index in [1.807, 2.05) is 29.2 Å². The molecule has 0 aliphatic carbocycles. The van der Waals surface area contributed by atoms with E-state index in [-0.39, 0.29) is 18.0 Å². The first-order chi connectivity index (χ1) is 14.7. The molecule has 1 N–H and O–H groups in total. The Bertz CT molecular complexity index is 937. The van der Waals surface area contributed by atoms with Gasteiger partial charge in [0.25, 0.3) is 0 Å². The van der Waals surface area contributed by atoms with Gasteiger partial charge in [0, 0.05) is 48.7 Å². The number of hydrogen-bond acceptors (Lipinski definition) is 7. The molecule has 1 aromatic carbocycles. The molecule has 4 heterocycles. The van der Waals surface area contributed by atoms with Gasteiger partial charge in [0.2, 0.25) is 11.9 Å². The van der Waals surface area contributed by atoms with E-state index in [0.29, 0.717) is 25.6 Å². The van der Waals surface area contributed by atoms with E-state index in [4.69, 9.17) is 14.5 Å². The highest BCUT2D eigenvalue weighted by Crippen LogP contribution is 2.33. The second kappa shape index (κ2) is 8.20. The van der Waals surface area contributed by atoms with E-state index in [1.54, 1.807) is 6.20 Å². The summed E-state index contributed by atoms with van der Waals surface area (Å²) in [6.45, 7) is 5.85. The van der Waals surface area contributed by atoms with Crippen LogP contribution >= 0.6 is 0 Å². The summed E-state index contributed by atoms with van der Waals surface area (Å²) in [5.41, 5.74) is 1.75. The summed E-state index contributed by atoms with van der Waals surface area (Å²) >= 11 is 0. The Labute approximate surface area is 176 Å². The summed E-state index contributed by atoms with van der Waals surface area (Å²) in [5.74, 6) is 2.12. The van der Waals surface area contributed by atoms with Crippen LogP contribution in [0.25, 0.3) is 0 Å². The van der Waals surface area contributed by atoms with Crippen molar-refractivity contribution in [1.82, 2.24) is 14.9 Å². The van der Waals surface area contributed by atoms with E-state index < -0.39 is 0 Å². The van der Waals surface area contributed by atoms with Crippen LogP contribution in [-0.2, 0) is 16.0 Å². The lowest BCUT2D eigenvalue weighted by molar-refractivity contribution is -0.118. The van der Waals surface area contributed by atoms with Crippen LogP contribution in [0.3, 0.4) is 0 Å². The zero-order valence-corrected chi connectivity index (χ0v) is 17.2. The number of nitrogens with zero attached hydrogens (tertiary/aromatic N) is 4. The molecule has 30 heavy (non-hydrogen) atoms. The molecule has 0 spiro atoms. The molecule has 1 aromatic heterocycles. The van der Waals surface area contributed by atoms with Gasteiger partial charge >= 0.3 is 0 Å². The molecule has 1 fully saturated rings. The maximum Gasteiger partial charge on any atom is 0.233 e. The number of carbonyl (C=O) groups is 1. The summed E-state index contributed by atoms with van der Waals surface area (Å²) in [5, 5.41) is 3.26. The molecule has 2 unspecified atom stereocenters. The standard InChI is InChI=1S/C22H27N5O3/c1-2-17-12-18-14-29-8-6-26(18)7-9-30-19-5-3-4-16(11-19)24-22-23-13-15-10-20(28)27(17)21(15)25-22/h3-5,11,13,17-18H,2,6-10,12,14H2,1H3,(H,23,24,25). The lowest BCUT2D eigenvalue weighted by Crippen LogP contribution is -2.51. The lowest BCUT2D eigenvalue weighted by atomic mass is 10.0. The van der Waals surface area contributed by atoms with Crippen LogP contribution in [0, 0.1) is 0 Å². The van der Waals surface area contributed by atoms with Gasteiger partial charge in [0.05, 0.1) is 19.6 Å². The highest BCUT2D eigenvalue weighted by molar-refractivity contribution is 6.00. The Morgan fingerprint density at radius 3 is 3.07 bits per heavy atom. The maximum absolute atomic E-state index is 12.9. The highest BCUT2D eigenvalue weighted by atomic mass is 16.5. The second-order valence-corrected chi connectivity index (χ2v) is 8.05. The Balaban J connectivity index is 1.54. The van der Waals surface area contributed by atoms with Crippen molar-refractivity contribution in [1.29, 1.82) is 0 Å². The third-order valence-electron chi connectivity index (χ3n) is 6.15. The van der Waals surface area contributed by atoms with Crippen LogP contribution in [0.5, 0.6) is 5.75 Å². The van der Waals surface area contributed by atoms with Crippen molar-refractivity contribution >= 4 is 23.4 Å². The molecule has 0 saturated carbocycles. The smallest absolute Gasteiger partial charge is 0.233 e. The number of anilines is 3. The molecule has 1 amide bonds. The number of fused-ring (bicyclic) bond motifs is 4. The van der Waals surface area contributed by atoms with Crippen LogP contribution in [0.4, 0.5) is 17.5 Å². The Morgan fingerprint density at radius 1 is 1.27 bits per heavy atom. The van der Waals surface area contributed by atoms with Gasteiger partial charge in [-0.05, 0) is 25.0 Å². The monoisotopic (exact) mass is 409 g/mol. The van der Waals surface area contributed by atoms with Crippen molar-refractivity contribution in [3.8, 4) is 5.75 Å². The van der Waals surface area contributed by atoms with E-state index in [0.717, 1.165) is 55.4 Å². The normalized spacial score (nSPS) is 24.3. The molecule has 4 bridgehead atoms. The number of nitrogens with one attached hydrogen (secondary N) is 1. The molecule has 8 heteroatoms. The predicted molar refractivity (Wildman–Crippen MR) is 113 cm³/mol. The predicted octanol–water partition coefficient (Wildman–Crippen LogP) is 2.37. The number of rotatable bonds is 1. The molecular formula is C22H27N5O3. The summed E-state index contributed by atoms with van der Waals surface area (Å²) in [6.07, 6.45) is 3.84. The van der Waals surface area contributed by atoms with Crippen molar-refractivity contribution in [2.45, 2.75) is 38.3 Å². The number of carbonyl (C=O) groups excluding carboxylic acids is 1. The molecule has 3 aliphatic heterocycles. The fourth-order valence-corrected chi connectivity index (χ4v) is 4.58. The molecule has 8 nitrogen and oxygen atoms in total. The summed E-state index contributed by atoms with van der Waals surface area (Å²) in [6, 6.07) is 8.13. The molecule has 1 saturated heterocycles. The first-order valence-corrected chi connectivity index (χ1v) is 10.7. The van der Waals surface area contributed by atoms with Crippen molar-refractivity contribution in [3.05, 3.63) is 36.0 Å². The highest BCUT2D eigenvalue weighted by Gasteiger charge is 2.37. The molecule has 0 radical (unpaired) electrons. The number of benzene rings is 1. The first kappa shape index (κ1) is 19.3. The van der Waals surface area contributed by atoms with Gasteiger partial charge < -0.3 is 14.8 Å². The largest absolute Gasteiger partial charge is 0.492 e. The van der Waals surface area contributed by atoms with E-state index >= 15 is 0 Å². The third kappa shape index (κ3) is 3.73. The molecular weight excluding hydrogens is 382 g/mol. The maximum atomic E-state index is 12.9. The van der Waals surface area contributed by atoms with Crippen LogP contribution < -0.4 is 15.0 Å². The van der Waals surface area contributed by atoms with Crippen LogP contribution in [0.15, 0.2) is 30.5 Å². The minimum atomic E-state index is 0.0720. The van der Waals surface area contributed by atoms with Gasteiger partial charge in [0.15, 0.2) is 0 Å². The lowest BCUT2D eigenvalue weighted by Gasteiger charge is -2.39. The molecule has 2 aromatic rings. The number of morpholine rings is 1. The van der Waals surface area contributed by atoms with Crippen molar-refractivity contribution < 1.29 is 14.3 Å². The van der Waals surface area contributed by atoms with Crippen molar-refractivity contribution in [2.24, 2.45) is 0 Å². The summed E-state index contributed by atoms with van der Waals surface area (Å²) < 4.78 is 11.8. The number of hydrogen-bond donors (Lipinski definition) is 1. The van der Waals surface area contributed by atoms with Crippen LogP contribution in [0.2, 0.25) is 0 Å². The summed E-state index contributed by atoms with van der Waals surface area (Å²) in [7, 11) is 0. The number of aromatic nitrogens is 2. The zero-order valence-electron chi connectivity index (χ0n) is 17.2. The van der Waals surface area contributed by atoms with Gasteiger partial charge in [-0.25, -0.2) is 4.98 Å². The van der Waals surface area contributed by atoms with Crippen LogP contribution in [0.1, 0.15) is 25.3 Å². The van der Waals surface area contributed by atoms with Crippen molar-refractivity contribution in [2.75, 3.05) is 43.1 Å².